The molecular weight excluding hydrogens is 296 g/mol. The van der Waals surface area contributed by atoms with Crippen molar-refractivity contribution in [3.05, 3.63) is 24.2 Å². The van der Waals surface area contributed by atoms with E-state index in [1.165, 1.54) is 0 Å². The first kappa shape index (κ1) is 17.3. The molecule has 2 rings (SSSR count). The van der Waals surface area contributed by atoms with Crippen LogP contribution in [0.15, 0.2) is 27.8 Å². The Hall–Kier alpha value is -2.02. The Bertz CT molecular complexity index is 501. The number of ether oxygens (including phenoxy) is 1. The maximum Gasteiger partial charge on any atom is 0.242 e. The van der Waals surface area contributed by atoms with E-state index in [0.29, 0.717) is 12.5 Å². The second-order valence-electron chi connectivity index (χ2n) is 5.58. The minimum Gasteiger partial charge on any atom is -0.467 e. The van der Waals surface area contributed by atoms with Crippen LogP contribution in [0.2, 0.25) is 0 Å². The van der Waals surface area contributed by atoms with Gasteiger partial charge in [0.25, 0.3) is 0 Å². The van der Waals surface area contributed by atoms with E-state index in [2.05, 4.69) is 20.5 Å². The molecule has 1 fully saturated rings. The molecule has 1 aliphatic rings. The molecule has 2 N–H and O–H groups in total. The number of carbonyl (C=O) groups excluding carboxylic acids is 1. The standard InChI is InChI=1S/C16H26N4O3/c1-3-17-16(20-7-6-13(11-20)12-22-2)19-10-15(21)18-9-14-5-4-8-23-14/h4-5,8,13H,3,6-7,9-12H2,1-2H3,(H,17,19)(H,18,21). The number of carbonyl (C=O) groups is 1. The zero-order chi connectivity index (χ0) is 16.5. The van der Waals surface area contributed by atoms with Crippen molar-refractivity contribution in [2.75, 3.05) is 39.9 Å². The summed E-state index contributed by atoms with van der Waals surface area (Å²) in [5, 5.41) is 6.04. The van der Waals surface area contributed by atoms with Crippen molar-refractivity contribution in [3.8, 4) is 0 Å². The van der Waals surface area contributed by atoms with Crippen molar-refractivity contribution < 1.29 is 13.9 Å². The molecule has 1 saturated heterocycles. The van der Waals surface area contributed by atoms with Gasteiger partial charge in [0.05, 0.1) is 19.4 Å². The van der Waals surface area contributed by atoms with Crippen LogP contribution in [0.1, 0.15) is 19.1 Å². The minimum absolute atomic E-state index is 0.106. The van der Waals surface area contributed by atoms with Gasteiger partial charge in [-0.2, -0.15) is 0 Å². The summed E-state index contributed by atoms with van der Waals surface area (Å²) in [5.41, 5.74) is 0. The van der Waals surface area contributed by atoms with Crippen molar-refractivity contribution in [1.29, 1.82) is 0 Å². The van der Waals surface area contributed by atoms with Gasteiger partial charge in [0, 0.05) is 32.7 Å². The number of hydrogen-bond acceptors (Lipinski definition) is 4. The lowest BCUT2D eigenvalue weighted by Gasteiger charge is -2.21. The Labute approximate surface area is 137 Å². The van der Waals surface area contributed by atoms with Crippen molar-refractivity contribution in [2.45, 2.75) is 19.9 Å². The predicted octanol–water partition coefficient (Wildman–Crippen LogP) is 0.830. The molecule has 0 aromatic carbocycles. The molecule has 0 radical (unpaired) electrons. The third-order valence-electron chi connectivity index (χ3n) is 3.73. The number of nitrogens with one attached hydrogen (secondary N) is 2. The van der Waals surface area contributed by atoms with Crippen LogP contribution in [0.25, 0.3) is 0 Å². The number of likely N-dealkylation sites (tertiary alicyclic amines) is 1. The molecule has 2 heterocycles. The maximum absolute atomic E-state index is 11.9. The van der Waals surface area contributed by atoms with Gasteiger partial charge in [-0.05, 0) is 25.5 Å². The van der Waals surface area contributed by atoms with Gasteiger partial charge in [-0.15, -0.1) is 0 Å². The Morgan fingerprint density at radius 3 is 3.09 bits per heavy atom. The second kappa shape index (κ2) is 9.19. The van der Waals surface area contributed by atoms with Gasteiger partial charge >= 0.3 is 0 Å². The van der Waals surface area contributed by atoms with Crippen molar-refractivity contribution in [1.82, 2.24) is 15.5 Å². The molecule has 7 nitrogen and oxygen atoms in total. The SMILES string of the molecule is CCNC(=NCC(=O)NCc1ccco1)N1CCC(COC)C1. The topological polar surface area (TPSA) is 79.1 Å². The van der Waals surface area contributed by atoms with E-state index >= 15 is 0 Å². The second-order valence-corrected chi connectivity index (χ2v) is 5.58. The van der Waals surface area contributed by atoms with Crippen molar-refractivity contribution >= 4 is 11.9 Å². The average Bonchev–Trinajstić information content (AvgIpc) is 3.21. The summed E-state index contributed by atoms with van der Waals surface area (Å²) >= 11 is 0. The zero-order valence-corrected chi connectivity index (χ0v) is 13.9. The highest BCUT2D eigenvalue weighted by Crippen LogP contribution is 2.16. The summed E-state index contributed by atoms with van der Waals surface area (Å²) in [6.07, 6.45) is 2.68. The Kier molecular flexibility index (Phi) is 6.93. The van der Waals surface area contributed by atoms with Crippen LogP contribution in [0.5, 0.6) is 0 Å². The molecule has 1 atom stereocenters. The van der Waals surface area contributed by atoms with Crippen molar-refractivity contribution in [3.63, 3.8) is 0 Å². The number of amides is 1. The summed E-state index contributed by atoms with van der Waals surface area (Å²) in [6, 6.07) is 3.63. The minimum atomic E-state index is -0.121. The first-order chi connectivity index (χ1) is 11.2. The molecule has 1 aromatic heterocycles. The fourth-order valence-corrected chi connectivity index (χ4v) is 2.62. The van der Waals surface area contributed by atoms with E-state index in [-0.39, 0.29) is 12.5 Å². The first-order valence-corrected chi connectivity index (χ1v) is 8.04. The number of furan rings is 1. The smallest absolute Gasteiger partial charge is 0.242 e. The number of hydrogen-bond donors (Lipinski definition) is 2. The predicted molar refractivity (Wildman–Crippen MR) is 88.1 cm³/mol. The first-order valence-electron chi connectivity index (χ1n) is 8.04. The lowest BCUT2D eigenvalue weighted by atomic mass is 10.1. The molecule has 0 spiro atoms. The lowest BCUT2D eigenvalue weighted by Crippen LogP contribution is -2.41. The Balaban J connectivity index is 1.82. The molecular formula is C16H26N4O3. The zero-order valence-electron chi connectivity index (χ0n) is 13.9. The molecule has 7 heteroatoms. The largest absolute Gasteiger partial charge is 0.467 e. The monoisotopic (exact) mass is 322 g/mol. The van der Waals surface area contributed by atoms with Crippen LogP contribution in [-0.2, 0) is 16.1 Å². The molecule has 0 bridgehead atoms. The van der Waals surface area contributed by atoms with E-state index in [1.807, 2.05) is 13.0 Å². The van der Waals surface area contributed by atoms with Gasteiger partial charge in [0.1, 0.15) is 12.3 Å². The molecule has 1 amide bonds. The summed E-state index contributed by atoms with van der Waals surface area (Å²) in [6.45, 7) is 5.90. The number of nitrogens with zero attached hydrogens (tertiary/aromatic N) is 2. The summed E-state index contributed by atoms with van der Waals surface area (Å²) in [5.74, 6) is 1.93. The van der Waals surface area contributed by atoms with Crippen LogP contribution in [0.4, 0.5) is 0 Å². The van der Waals surface area contributed by atoms with Crippen LogP contribution < -0.4 is 10.6 Å². The summed E-state index contributed by atoms with van der Waals surface area (Å²) in [7, 11) is 1.73. The van der Waals surface area contributed by atoms with Gasteiger partial charge in [0.2, 0.25) is 5.91 Å². The van der Waals surface area contributed by atoms with E-state index in [0.717, 1.165) is 44.4 Å². The van der Waals surface area contributed by atoms with Gasteiger partial charge in [-0.3, -0.25) is 4.79 Å². The number of aliphatic imine (C=N–C) groups is 1. The molecule has 128 valence electrons. The van der Waals surface area contributed by atoms with Crippen LogP contribution in [-0.4, -0.2) is 56.7 Å². The number of guanidine groups is 1. The van der Waals surface area contributed by atoms with E-state index < -0.39 is 0 Å². The molecule has 0 saturated carbocycles. The van der Waals surface area contributed by atoms with Gasteiger partial charge < -0.3 is 24.7 Å². The van der Waals surface area contributed by atoms with Crippen molar-refractivity contribution in [2.24, 2.45) is 10.9 Å². The Morgan fingerprint density at radius 1 is 1.52 bits per heavy atom. The van der Waals surface area contributed by atoms with Crippen LogP contribution in [0.3, 0.4) is 0 Å². The lowest BCUT2D eigenvalue weighted by molar-refractivity contribution is -0.119. The van der Waals surface area contributed by atoms with Gasteiger partial charge in [-0.25, -0.2) is 4.99 Å². The van der Waals surface area contributed by atoms with E-state index in [4.69, 9.17) is 9.15 Å². The fourth-order valence-electron chi connectivity index (χ4n) is 2.62. The third-order valence-corrected chi connectivity index (χ3v) is 3.73. The maximum atomic E-state index is 11.9. The summed E-state index contributed by atoms with van der Waals surface area (Å²) in [4.78, 5) is 18.5. The van der Waals surface area contributed by atoms with Gasteiger partial charge in [-0.1, -0.05) is 0 Å². The highest BCUT2D eigenvalue weighted by Gasteiger charge is 2.24. The highest BCUT2D eigenvalue weighted by molar-refractivity contribution is 5.85. The van der Waals surface area contributed by atoms with E-state index in [1.54, 1.807) is 19.4 Å². The molecule has 0 aliphatic carbocycles. The Morgan fingerprint density at radius 2 is 2.39 bits per heavy atom. The number of rotatable bonds is 7. The molecule has 1 aliphatic heterocycles. The number of methoxy groups -OCH3 is 1. The molecule has 1 unspecified atom stereocenters. The highest BCUT2D eigenvalue weighted by atomic mass is 16.5. The molecule has 23 heavy (non-hydrogen) atoms. The summed E-state index contributed by atoms with van der Waals surface area (Å²) < 4.78 is 10.4. The molecule has 1 aromatic rings. The third kappa shape index (κ3) is 5.59. The van der Waals surface area contributed by atoms with E-state index in [9.17, 15) is 4.79 Å². The quantitative estimate of drug-likeness (QED) is 0.574. The van der Waals surface area contributed by atoms with Crippen LogP contribution >= 0.6 is 0 Å². The normalized spacial score (nSPS) is 18.3. The van der Waals surface area contributed by atoms with Crippen LogP contribution in [0, 0.1) is 5.92 Å². The fraction of sp³-hybridized carbons (Fsp3) is 0.625. The average molecular weight is 322 g/mol. The van der Waals surface area contributed by atoms with Gasteiger partial charge in [0.15, 0.2) is 5.96 Å².